The number of carbonyl (C=O) groups is 1. The van der Waals surface area contributed by atoms with Crippen LogP contribution in [-0.4, -0.2) is 25.0 Å². The summed E-state index contributed by atoms with van der Waals surface area (Å²) in [5.74, 6) is -1.60. The van der Waals surface area contributed by atoms with Gasteiger partial charge in [0.05, 0.1) is 6.20 Å². The Hall–Kier alpha value is -3.07. The van der Waals surface area contributed by atoms with E-state index in [2.05, 4.69) is 9.97 Å². The van der Waals surface area contributed by atoms with Crippen LogP contribution in [0.3, 0.4) is 0 Å². The number of imidazole rings is 1. The summed E-state index contributed by atoms with van der Waals surface area (Å²) in [4.78, 5) is 32.0. The molecule has 0 spiro atoms. The standard InChI is InChI=1S/C17H13ClF2N4O3/c1-9-22-16(27-7-11-3-4-12(19)5-13(11)20)15(18)17(26)24(9)14-6-23(8-21-14)10(2)25/h3-6,8H,7H2,1-2H3. The van der Waals surface area contributed by atoms with Crippen LogP contribution in [-0.2, 0) is 6.61 Å². The van der Waals surface area contributed by atoms with Crippen molar-refractivity contribution < 1.29 is 18.3 Å². The number of hydrogen-bond acceptors (Lipinski definition) is 5. The summed E-state index contributed by atoms with van der Waals surface area (Å²) in [6, 6.07) is 3.04. The van der Waals surface area contributed by atoms with Gasteiger partial charge in [-0.15, -0.1) is 0 Å². The Balaban J connectivity index is 1.92. The van der Waals surface area contributed by atoms with Gasteiger partial charge in [-0.2, -0.15) is 4.98 Å². The molecule has 3 aromatic rings. The Morgan fingerprint density at radius 1 is 1.33 bits per heavy atom. The fourth-order valence-electron chi connectivity index (χ4n) is 2.33. The minimum absolute atomic E-state index is 0.0799. The minimum atomic E-state index is -0.786. The SMILES string of the molecule is CC(=O)n1cnc(-n2c(C)nc(OCc3ccc(F)cc3F)c(Cl)c2=O)c1. The number of aryl methyl sites for hydroxylation is 1. The largest absolute Gasteiger partial charge is 0.471 e. The summed E-state index contributed by atoms with van der Waals surface area (Å²) in [5.41, 5.74) is -0.580. The number of rotatable bonds is 4. The van der Waals surface area contributed by atoms with Crippen LogP contribution in [0.4, 0.5) is 8.78 Å². The molecule has 0 radical (unpaired) electrons. The van der Waals surface area contributed by atoms with Gasteiger partial charge in [-0.3, -0.25) is 14.2 Å². The molecule has 0 atom stereocenters. The van der Waals surface area contributed by atoms with Gasteiger partial charge in [0, 0.05) is 18.6 Å². The van der Waals surface area contributed by atoms with Gasteiger partial charge in [0.1, 0.15) is 30.4 Å². The van der Waals surface area contributed by atoms with Gasteiger partial charge in [0.15, 0.2) is 10.8 Å². The number of nitrogens with zero attached hydrogens (tertiary/aromatic N) is 4. The van der Waals surface area contributed by atoms with E-state index in [1.54, 1.807) is 0 Å². The maximum Gasteiger partial charge on any atom is 0.282 e. The van der Waals surface area contributed by atoms with Crippen LogP contribution in [0.25, 0.3) is 5.82 Å². The first-order chi connectivity index (χ1) is 12.8. The molecule has 27 heavy (non-hydrogen) atoms. The molecular formula is C17H13ClF2N4O3. The van der Waals surface area contributed by atoms with E-state index < -0.39 is 17.2 Å². The molecule has 0 amide bonds. The Morgan fingerprint density at radius 2 is 2.07 bits per heavy atom. The minimum Gasteiger partial charge on any atom is -0.471 e. The second-order valence-electron chi connectivity index (χ2n) is 5.60. The molecule has 0 aliphatic rings. The molecule has 2 heterocycles. The van der Waals surface area contributed by atoms with Gasteiger partial charge in [0.25, 0.3) is 5.56 Å². The van der Waals surface area contributed by atoms with Crippen LogP contribution in [0.5, 0.6) is 5.88 Å². The molecule has 0 unspecified atom stereocenters. The highest BCUT2D eigenvalue weighted by atomic mass is 35.5. The summed E-state index contributed by atoms with van der Waals surface area (Å²) in [6.07, 6.45) is 2.63. The maximum atomic E-state index is 13.7. The van der Waals surface area contributed by atoms with Gasteiger partial charge in [-0.05, 0) is 19.1 Å². The van der Waals surface area contributed by atoms with E-state index in [9.17, 15) is 18.4 Å². The van der Waals surface area contributed by atoms with Crippen molar-refractivity contribution in [2.75, 3.05) is 0 Å². The van der Waals surface area contributed by atoms with Crippen LogP contribution >= 0.6 is 11.6 Å². The number of aromatic nitrogens is 4. The average molecular weight is 395 g/mol. The Kier molecular flexibility index (Phi) is 5.04. The molecule has 0 fully saturated rings. The topological polar surface area (TPSA) is 79.0 Å². The number of benzene rings is 1. The van der Waals surface area contributed by atoms with E-state index in [-0.39, 0.29) is 40.6 Å². The van der Waals surface area contributed by atoms with Crippen LogP contribution in [0, 0.1) is 18.6 Å². The maximum absolute atomic E-state index is 13.7. The van der Waals surface area contributed by atoms with Gasteiger partial charge < -0.3 is 4.74 Å². The molecule has 0 saturated heterocycles. The number of carbonyl (C=O) groups excluding carboxylic acids is 1. The number of ether oxygens (including phenoxy) is 1. The summed E-state index contributed by atoms with van der Waals surface area (Å²) >= 11 is 6.04. The van der Waals surface area contributed by atoms with Crippen molar-refractivity contribution in [2.24, 2.45) is 0 Å². The molecule has 1 aromatic carbocycles. The number of hydrogen-bond donors (Lipinski definition) is 0. The Bertz CT molecular complexity index is 1090. The lowest BCUT2D eigenvalue weighted by Gasteiger charge is -2.12. The van der Waals surface area contributed by atoms with E-state index in [1.165, 1.54) is 37.0 Å². The third-order valence-corrected chi connectivity index (χ3v) is 4.03. The van der Waals surface area contributed by atoms with E-state index in [1.807, 2.05) is 0 Å². The monoisotopic (exact) mass is 394 g/mol. The number of halogens is 3. The van der Waals surface area contributed by atoms with Gasteiger partial charge >= 0.3 is 0 Å². The van der Waals surface area contributed by atoms with Gasteiger partial charge in [0.2, 0.25) is 11.8 Å². The van der Waals surface area contributed by atoms with E-state index >= 15 is 0 Å². The van der Waals surface area contributed by atoms with Crippen molar-refractivity contribution in [3.05, 3.63) is 69.1 Å². The van der Waals surface area contributed by atoms with Crippen LogP contribution in [0.15, 0.2) is 35.5 Å². The summed E-state index contributed by atoms with van der Waals surface area (Å²) in [6.45, 7) is 2.58. The molecule has 140 valence electrons. The molecule has 10 heteroatoms. The molecule has 0 saturated carbocycles. The lowest BCUT2D eigenvalue weighted by atomic mass is 10.2. The molecule has 7 nitrogen and oxygen atoms in total. The fraction of sp³-hybridized carbons (Fsp3) is 0.176. The molecule has 0 bridgehead atoms. The second-order valence-corrected chi connectivity index (χ2v) is 5.98. The van der Waals surface area contributed by atoms with Crippen molar-refractivity contribution in [2.45, 2.75) is 20.5 Å². The molecule has 3 rings (SSSR count). The lowest BCUT2D eigenvalue weighted by Crippen LogP contribution is -2.24. The first kappa shape index (κ1) is 18.7. The highest BCUT2D eigenvalue weighted by molar-refractivity contribution is 6.31. The molecule has 0 N–H and O–H groups in total. The average Bonchev–Trinajstić information content (AvgIpc) is 3.08. The molecular weight excluding hydrogens is 382 g/mol. The van der Waals surface area contributed by atoms with Crippen molar-refractivity contribution in [3.8, 4) is 11.7 Å². The first-order valence-corrected chi connectivity index (χ1v) is 8.07. The molecule has 0 aliphatic heterocycles. The smallest absolute Gasteiger partial charge is 0.282 e. The van der Waals surface area contributed by atoms with E-state index in [0.29, 0.717) is 0 Å². The molecule has 0 aliphatic carbocycles. The first-order valence-electron chi connectivity index (χ1n) is 7.69. The molecule has 2 aromatic heterocycles. The zero-order chi connectivity index (χ0) is 19.7. The predicted octanol–water partition coefficient (Wildman–Crippen LogP) is 2.91. The van der Waals surface area contributed by atoms with Crippen LogP contribution < -0.4 is 10.3 Å². The summed E-state index contributed by atoms with van der Waals surface area (Å²) in [5, 5.41) is -0.333. The summed E-state index contributed by atoms with van der Waals surface area (Å²) < 4.78 is 34.3. The second kappa shape index (κ2) is 7.28. The lowest BCUT2D eigenvalue weighted by molar-refractivity contribution is 0.0936. The van der Waals surface area contributed by atoms with Gasteiger partial charge in [-0.25, -0.2) is 18.3 Å². The van der Waals surface area contributed by atoms with E-state index in [0.717, 1.165) is 16.7 Å². The fourth-order valence-corrected chi connectivity index (χ4v) is 2.51. The zero-order valence-corrected chi connectivity index (χ0v) is 15.0. The highest BCUT2D eigenvalue weighted by Gasteiger charge is 2.18. The van der Waals surface area contributed by atoms with Gasteiger partial charge in [-0.1, -0.05) is 11.6 Å². The van der Waals surface area contributed by atoms with Crippen LogP contribution in [0.2, 0.25) is 5.02 Å². The summed E-state index contributed by atoms with van der Waals surface area (Å²) in [7, 11) is 0. The third-order valence-electron chi connectivity index (χ3n) is 3.71. The third kappa shape index (κ3) is 3.72. The highest BCUT2D eigenvalue weighted by Crippen LogP contribution is 2.21. The van der Waals surface area contributed by atoms with Crippen molar-refractivity contribution >= 4 is 17.5 Å². The van der Waals surface area contributed by atoms with Crippen LogP contribution in [0.1, 0.15) is 23.1 Å². The quantitative estimate of drug-likeness (QED) is 0.679. The van der Waals surface area contributed by atoms with Crippen molar-refractivity contribution in [1.29, 1.82) is 0 Å². The van der Waals surface area contributed by atoms with Crippen molar-refractivity contribution in [3.63, 3.8) is 0 Å². The van der Waals surface area contributed by atoms with Crippen molar-refractivity contribution in [1.82, 2.24) is 19.1 Å². The van der Waals surface area contributed by atoms with E-state index in [4.69, 9.17) is 16.3 Å². The normalized spacial score (nSPS) is 10.9. The Morgan fingerprint density at radius 3 is 2.70 bits per heavy atom. The predicted molar refractivity (Wildman–Crippen MR) is 92.4 cm³/mol. The zero-order valence-electron chi connectivity index (χ0n) is 14.2. The Labute approximate surface area is 156 Å².